The summed E-state index contributed by atoms with van der Waals surface area (Å²) >= 11 is 0. The minimum Gasteiger partial charge on any atom is -0.462 e. The van der Waals surface area contributed by atoms with Gasteiger partial charge in [0, 0.05) is 24.7 Å². The van der Waals surface area contributed by atoms with Crippen molar-refractivity contribution < 1.29 is 29.6 Å². The Hall–Kier alpha value is -0.950. The maximum atomic E-state index is 12.0. The Kier molecular flexibility index (Phi) is 3.67. The van der Waals surface area contributed by atoms with Crippen LogP contribution in [0.5, 0.6) is 0 Å². The van der Waals surface area contributed by atoms with Gasteiger partial charge in [-0.2, -0.15) is 0 Å². The second-order valence-electron chi connectivity index (χ2n) is 10.7. The molecule has 0 aromatic heterocycles. The maximum Gasteiger partial charge on any atom is 0.302 e. The van der Waals surface area contributed by atoms with E-state index in [0.717, 1.165) is 25.7 Å². The summed E-state index contributed by atoms with van der Waals surface area (Å²) in [5.41, 5.74) is -1.17. The van der Waals surface area contributed by atoms with Crippen molar-refractivity contribution in [1.29, 1.82) is 0 Å². The largest absolute Gasteiger partial charge is 0.462 e. The first-order valence-electron chi connectivity index (χ1n) is 10.6. The first kappa shape index (κ1) is 19.0. The molecule has 0 aromatic rings. The maximum absolute atomic E-state index is 12.0. The number of fused-ring (bicyclic) bond motifs is 2. The van der Waals surface area contributed by atoms with Crippen molar-refractivity contribution in [1.82, 2.24) is 0 Å². The lowest BCUT2D eigenvalue weighted by Gasteiger charge is -2.74. The lowest BCUT2D eigenvalue weighted by Crippen LogP contribution is -2.81. The van der Waals surface area contributed by atoms with Crippen molar-refractivity contribution in [2.45, 2.75) is 77.0 Å². The number of aliphatic hydroxyl groups excluding tert-OH is 2. The molecule has 0 radical (unpaired) electrons. The van der Waals surface area contributed by atoms with E-state index in [1.54, 1.807) is 0 Å². The summed E-state index contributed by atoms with van der Waals surface area (Å²) < 4.78 is 12.0. The highest BCUT2D eigenvalue weighted by atomic mass is 16.6. The molecule has 2 heterocycles. The zero-order valence-electron chi connectivity index (χ0n) is 17.0. The standard InChI is InChI=1S/C22H32O6/c1-11-13-5-6-14-20-10-27-21(26,22(14,17(11)24)18(13)25)9-15(20)19(3,4)8-7-16(20)28-12(2)23/h13-18,24-26H,1,5-10H2,2-4H3/t13-,14-,15+,16-,17-,18+,20-,21+,22-/m0/s1. The Morgan fingerprint density at radius 3 is 2.61 bits per heavy atom. The number of carbonyl (C=O) groups excluding carboxylic acids is 1. The van der Waals surface area contributed by atoms with Crippen molar-refractivity contribution in [2.24, 2.45) is 34.0 Å². The molecule has 4 saturated carbocycles. The number of ether oxygens (including phenoxy) is 2. The molecule has 6 aliphatic rings. The van der Waals surface area contributed by atoms with Crippen molar-refractivity contribution >= 4 is 5.97 Å². The van der Waals surface area contributed by atoms with Gasteiger partial charge in [0.05, 0.1) is 24.2 Å². The van der Waals surface area contributed by atoms with Crippen LogP contribution in [0.2, 0.25) is 0 Å². The lowest BCUT2D eigenvalue weighted by atomic mass is 9.36. The second kappa shape index (κ2) is 5.39. The molecule has 6 fully saturated rings. The number of aliphatic hydroxyl groups is 3. The van der Waals surface area contributed by atoms with E-state index in [9.17, 15) is 20.1 Å². The molecular weight excluding hydrogens is 360 g/mol. The molecule has 6 rings (SSSR count). The number of hydrogen-bond donors (Lipinski definition) is 3. The van der Waals surface area contributed by atoms with E-state index < -0.39 is 28.8 Å². The third-order valence-electron chi connectivity index (χ3n) is 9.41. The van der Waals surface area contributed by atoms with Crippen LogP contribution in [0.3, 0.4) is 0 Å². The average molecular weight is 392 g/mol. The molecule has 156 valence electrons. The molecule has 28 heavy (non-hydrogen) atoms. The molecule has 0 amide bonds. The van der Waals surface area contributed by atoms with Crippen molar-refractivity contribution in [3.05, 3.63) is 12.2 Å². The molecule has 0 aromatic carbocycles. The van der Waals surface area contributed by atoms with Crippen molar-refractivity contribution in [2.75, 3.05) is 6.61 Å². The topological polar surface area (TPSA) is 96.2 Å². The fourth-order valence-electron chi connectivity index (χ4n) is 8.34. The van der Waals surface area contributed by atoms with Crippen LogP contribution in [0.1, 0.15) is 52.9 Å². The number of rotatable bonds is 1. The molecule has 3 N–H and O–H groups in total. The van der Waals surface area contributed by atoms with Crippen molar-refractivity contribution in [3.8, 4) is 0 Å². The van der Waals surface area contributed by atoms with E-state index in [1.807, 2.05) is 0 Å². The van der Waals surface area contributed by atoms with Crippen LogP contribution in [0.25, 0.3) is 0 Å². The molecule has 6 nitrogen and oxygen atoms in total. The van der Waals surface area contributed by atoms with Crippen LogP contribution in [0.4, 0.5) is 0 Å². The van der Waals surface area contributed by atoms with Gasteiger partial charge in [-0.15, -0.1) is 0 Å². The van der Waals surface area contributed by atoms with Gasteiger partial charge in [-0.3, -0.25) is 4.79 Å². The first-order valence-corrected chi connectivity index (χ1v) is 10.6. The highest BCUT2D eigenvalue weighted by Crippen LogP contribution is 2.77. The summed E-state index contributed by atoms with van der Waals surface area (Å²) in [5, 5.41) is 34.4. The van der Waals surface area contributed by atoms with Crippen molar-refractivity contribution in [3.63, 3.8) is 0 Å². The van der Waals surface area contributed by atoms with Gasteiger partial charge >= 0.3 is 5.97 Å². The third kappa shape index (κ3) is 1.83. The van der Waals surface area contributed by atoms with Gasteiger partial charge in [0.2, 0.25) is 0 Å². The molecule has 2 aliphatic heterocycles. The summed E-state index contributed by atoms with van der Waals surface area (Å²) in [5.74, 6) is -2.25. The van der Waals surface area contributed by atoms with Gasteiger partial charge < -0.3 is 24.8 Å². The van der Waals surface area contributed by atoms with Gasteiger partial charge in [-0.1, -0.05) is 20.4 Å². The molecule has 2 spiro atoms. The fraction of sp³-hybridized carbons (Fsp3) is 0.864. The number of esters is 1. The highest BCUT2D eigenvalue weighted by molar-refractivity contribution is 5.66. The Balaban J connectivity index is 1.73. The Labute approximate surface area is 165 Å². The highest BCUT2D eigenvalue weighted by Gasteiger charge is 2.84. The first-order chi connectivity index (χ1) is 13.0. The van der Waals surface area contributed by atoms with Gasteiger partial charge in [0.25, 0.3) is 0 Å². The molecule has 0 unspecified atom stereocenters. The Morgan fingerprint density at radius 2 is 1.93 bits per heavy atom. The van der Waals surface area contributed by atoms with Gasteiger partial charge in [-0.05, 0) is 48.5 Å². The molecule has 6 heteroatoms. The van der Waals surface area contributed by atoms with E-state index in [-0.39, 0.29) is 35.2 Å². The van der Waals surface area contributed by atoms with E-state index in [2.05, 4.69) is 20.4 Å². The van der Waals surface area contributed by atoms with Crippen LogP contribution >= 0.6 is 0 Å². The fourth-order valence-corrected chi connectivity index (χ4v) is 8.34. The summed E-state index contributed by atoms with van der Waals surface area (Å²) in [7, 11) is 0. The van der Waals surface area contributed by atoms with E-state index in [1.165, 1.54) is 6.92 Å². The zero-order valence-corrected chi connectivity index (χ0v) is 17.0. The quantitative estimate of drug-likeness (QED) is 0.465. The van der Waals surface area contributed by atoms with Crippen LogP contribution in [-0.4, -0.2) is 52.0 Å². The minimum absolute atomic E-state index is 0.0572. The molecular formula is C22H32O6. The summed E-state index contributed by atoms with van der Waals surface area (Å²) in [6.45, 7) is 10.2. The summed E-state index contributed by atoms with van der Waals surface area (Å²) in [6.07, 6.45) is 1.18. The molecule has 4 aliphatic carbocycles. The Morgan fingerprint density at radius 1 is 1.21 bits per heavy atom. The predicted octanol–water partition coefficient (Wildman–Crippen LogP) is 1.77. The normalized spacial score (nSPS) is 56.1. The van der Waals surface area contributed by atoms with E-state index in [0.29, 0.717) is 18.6 Å². The number of carbonyl (C=O) groups is 1. The molecule has 4 bridgehead atoms. The van der Waals surface area contributed by atoms with Crippen LogP contribution in [0.15, 0.2) is 12.2 Å². The van der Waals surface area contributed by atoms with E-state index >= 15 is 0 Å². The minimum atomic E-state index is -1.60. The monoisotopic (exact) mass is 392 g/mol. The van der Waals surface area contributed by atoms with Crippen LogP contribution in [-0.2, 0) is 14.3 Å². The lowest BCUT2D eigenvalue weighted by molar-refractivity contribution is -0.446. The zero-order chi connectivity index (χ0) is 20.3. The summed E-state index contributed by atoms with van der Waals surface area (Å²) in [6, 6.07) is 0. The summed E-state index contributed by atoms with van der Waals surface area (Å²) in [4.78, 5) is 12.0. The molecule has 9 atom stereocenters. The third-order valence-corrected chi connectivity index (χ3v) is 9.41. The SMILES string of the molecule is C=C1[C@@H]2CC[C@H]3[C@@]45CO[C@](O)(C[C@@H]4C(C)(C)CC[C@@H]5OC(C)=O)[C@]3([C@@H]2O)[C@H]1O. The number of hydrogen-bond acceptors (Lipinski definition) is 6. The van der Waals surface area contributed by atoms with Gasteiger partial charge in [-0.25, -0.2) is 0 Å². The van der Waals surface area contributed by atoms with Crippen LogP contribution < -0.4 is 0 Å². The van der Waals surface area contributed by atoms with Crippen LogP contribution in [0, 0.1) is 34.0 Å². The predicted molar refractivity (Wildman–Crippen MR) is 99.8 cm³/mol. The van der Waals surface area contributed by atoms with E-state index in [4.69, 9.17) is 9.47 Å². The van der Waals surface area contributed by atoms with Gasteiger partial charge in [0.1, 0.15) is 6.10 Å². The average Bonchev–Trinajstić information content (AvgIpc) is 2.73. The molecule has 2 saturated heterocycles. The van der Waals surface area contributed by atoms with Gasteiger partial charge in [0.15, 0.2) is 5.79 Å². The smallest absolute Gasteiger partial charge is 0.302 e. The second-order valence-corrected chi connectivity index (χ2v) is 10.7. The Bertz CT molecular complexity index is 747.